The van der Waals surface area contributed by atoms with E-state index in [4.69, 9.17) is 0 Å². The van der Waals surface area contributed by atoms with Gasteiger partial charge in [-0.1, -0.05) is 30.3 Å². The molecule has 28 heavy (non-hydrogen) atoms. The molecule has 1 aromatic carbocycles. The minimum Gasteiger partial charge on any atom is -0.357 e. The van der Waals surface area contributed by atoms with Crippen LogP contribution in [-0.4, -0.2) is 67.0 Å². The molecule has 2 heterocycles. The number of likely N-dealkylation sites (tertiary alicyclic amines) is 2. The quantitative estimate of drug-likeness (QED) is 0.558. The summed E-state index contributed by atoms with van der Waals surface area (Å²) in [6, 6.07) is 11.1. The summed E-state index contributed by atoms with van der Waals surface area (Å²) >= 11 is 0. The average molecular weight is 386 g/mol. The highest BCUT2D eigenvalue weighted by atomic mass is 16.2. The van der Waals surface area contributed by atoms with Crippen molar-refractivity contribution < 1.29 is 4.79 Å². The number of rotatable bonds is 7. The van der Waals surface area contributed by atoms with Crippen molar-refractivity contribution in [1.82, 2.24) is 20.4 Å². The summed E-state index contributed by atoms with van der Waals surface area (Å²) in [5.41, 5.74) is 1.38. The molecule has 154 valence electrons. The van der Waals surface area contributed by atoms with Crippen molar-refractivity contribution in [2.75, 3.05) is 39.3 Å². The Morgan fingerprint density at radius 3 is 2.50 bits per heavy atom. The van der Waals surface area contributed by atoms with Gasteiger partial charge < -0.3 is 15.5 Å². The summed E-state index contributed by atoms with van der Waals surface area (Å²) in [6.45, 7) is 8.52. The Hall–Kier alpha value is -2.08. The second kappa shape index (κ2) is 11.1. The number of nitrogens with one attached hydrogen (secondary N) is 2. The van der Waals surface area contributed by atoms with Gasteiger partial charge in [0, 0.05) is 51.7 Å². The minimum absolute atomic E-state index is 0.242. The summed E-state index contributed by atoms with van der Waals surface area (Å²) < 4.78 is 0. The van der Waals surface area contributed by atoms with Gasteiger partial charge in [0.25, 0.3) is 0 Å². The van der Waals surface area contributed by atoms with Gasteiger partial charge in [-0.15, -0.1) is 0 Å². The third kappa shape index (κ3) is 6.51. The Balaban J connectivity index is 1.40. The highest BCUT2D eigenvalue weighted by molar-refractivity contribution is 5.81. The van der Waals surface area contributed by atoms with Crippen LogP contribution in [0.3, 0.4) is 0 Å². The van der Waals surface area contributed by atoms with Gasteiger partial charge in [0.1, 0.15) is 0 Å². The van der Waals surface area contributed by atoms with E-state index in [-0.39, 0.29) is 5.91 Å². The molecule has 2 saturated heterocycles. The summed E-state index contributed by atoms with van der Waals surface area (Å²) in [5.74, 6) is 1.09. The molecule has 0 spiro atoms. The molecule has 3 rings (SSSR count). The summed E-state index contributed by atoms with van der Waals surface area (Å²) in [4.78, 5) is 21.3. The van der Waals surface area contributed by atoms with Crippen molar-refractivity contribution in [2.45, 2.75) is 51.6 Å². The molecule has 2 N–H and O–H groups in total. The van der Waals surface area contributed by atoms with Gasteiger partial charge in [0.05, 0.1) is 6.54 Å². The number of piperidine rings is 1. The molecule has 1 aromatic rings. The number of guanidine groups is 1. The largest absolute Gasteiger partial charge is 0.357 e. The van der Waals surface area contributed by atoms with Crippen molar-refractivity contribution in [2.24, 2.45) is 4.99 Å². The maximum absolute atomic E-state index is 12.2. The lowest BCUT2D eigenvalue weighted by atomic mass is 10.0. The van der Waals surface area contributed by atoms with Crippen molar-refractivity contribution in [3.8, 4) is 0 Å². The van der Waals surface area contributed by atoms with Gasteiger partial charge in [0.2, 0.25) is 5.91 Å². The second-order valence-corrected chi connectivity index (χ2v) is 7.78. The maximum atomic E-state index is 12.2. The van der Waals surface area contributed by atoms with Crippen molar-refractivity contribution in [3.63, 3.8) is 0 Å². The Morgan fingerprint density at radius 1 is 1.11 bits per heavy atom. The molecule has 6 heteroatoms. The Bertz CT molecular complexity index is 619. The first-order valence-corrected chi connectivity index (χ1v) is 10.8. The van der Waals surface area contributed by atoms with Crippen LogP contribution in [0.25, 0.3) is 0 Å². The van der Waals surface area contributed by atoms with Gasteiger partial charge in [-0.2, -0.15) is 0 Å². The van der Waals surface area contributed by atoms with E-state index in [9.17, 15) is 4.79 Å². The van der Waals surface area contributed by atoms with Gasteiger partial charge in [-0.05, 0) is 38.2 Å². The molecule has 0 atom stereocenters. The molecule has 1 amide bonds. The smallest absolute Gasteiger partial charge is 0.224 e. The number of carbonyl (C=O) groups excluding carboxylic acids is 1. The predicted molar refractivity (Wildman–Crippen MR) is 114 cm³/mol. The lowest BCUT2D eigenvalue weighted by molar-refractivity contribution is -0.129. The first-order chi connectivity index (χ1) is 13.7. The molecule has 0 saturated carbocycles. The van der Waals surface area contributed by atoms with Crippen LogP contribution in [0.15, 0.2) is 35.3 Å². The summed E-state index contributed by atoms with van der Waals surface area (Å²) in [7, 11) is 0. The van der Waals surface area contributed by atoms with E-state index in [2.05, 4.69) is 57.8 Å². The molecule has 0 aliphatic carbocycles. The fraction of sp³-hybridized carbons (Fsp3) is 0.636. The van der Waals surface area contributed by atoms with Crippen LogP contribution in [0, 0.1) is 0 Å². The fourth-order valence-electron chi connectivity index (χ4n) is 3.98. The zero-order valence-corrected chi connectivity index (χ0v) is 17.2. The van der Waals surface area contributed by atoms with E-state index >= 15 is 0 Å². The van der Waals surface area contributed by atoms with Crippen LogP contribution in [0.1, 0.15) is 44.6 Å². The summed E-state index contributed by atoms with van der Waals surface area (Å²) in [5, 5.41) is 6.90. The van der Waals surface area contributed by atoms with Crippen LogP contribution in [0.4, 0.5) is 0 Å². The molecule has 0 aromatic heterocycles. The fourth-order valence-corrected chi connectivity index (χ4v) is 3.98. The number of hydrogen-bond donors (Lipinski definition) is 2. The third-order valence-electron chi connectivity index (χ3n) is 5.58. The third-order valence-corrected chi connectivity index (χ3v) is 5.58. The zero-order chi connectivity index (χ0) is 19.6. The van der Waals surface area contributed by atoms with E-state index in [0.29, 0.717) is 19.0 Å². The molecule has 0 unspecified atom stereocenters. The van der Waals surface area contributed by atoms with E-state index in [1.54, 1.807) is 0 Å². The normalized spacial score (nSPS) is 19.0. The minimum atomic E-state index is 0.242. The van der Waals surface area contributed by atoms with Crippen molar-refractivity contribution in [1.29, 1.82) is 0 Å². The molecule has 6 nitrogen and oxygen atoms in total. The molecule has 2 aliphatic heterocycles. The first kappa shape index (κ1) is 20.6. The van der Waals surface area contributed by atoms with Gasteiger partial charge in [-0.25, -0.2) is 0 Å². The van der Waals surface area contributed by atoms with Crippen molar-refractivity contribution >= 4 is 11.9 Å². The molecule has 2 fully saturated rings. The number of amides is 1. The van der Waals surface area contributed by atoms with Crippen LogP contribution < -0.4 is 10.6 Å². The van der Waals surface area contributed by atoms with E-state index < -0.39 is 0 Å². The Kier molecular flexibility index (Phi) is 8.15. The number of aliphatic imine (C=N–C) groups is 1. The highest BCUT2D eigenvalue weighted by Gasteiger charge is 2.20. The molecular formula is C22H35N5O. The van der Waals surface area contributed by atoms with Crippen LogP contribution >= 0.6 is 0 Å². The standard InChI is InChI=1S/C22H35N5O/c1-2-23-22(24-13-10-21(28)27-14-6-7-15-27)25-20-11-16-26(17-12-20)18-19-8-4-3-5-9-19/h3-5,8-9,20H,2,6-7,10-18H2,1H3,(H2,23,24,25). The van der Waals surface area contributed by atoms with Crippen molar-refractivity contribution in [3.05, 3.63) is 35.9 Å². The SMILES string of the molecule is CCNC(=NCCC(=O)N1CCCC1)NC1CCN(Cc2ccccc2)CC1. The van der Waals surface area contributed by atoms with Crippen LogP contribution in [0.2, 0.25) is 0 Å². The van der Waals surface area contributed by atoms with Crippen LogP contribution in [0.5, 0.6) is 0 Å². The first-order valence-electron chi connectivity index (χ1n) is 10.8. The van der Waals surface area contributed by atoms with E-state index in [0.717, 1.165) is 70.9 Å². The number of nitrogens with zero attached hydrogens (tertiary/aromatic N) is 3. The average Bonchev–Trinajstić information content (AvgIpc) is 3.25. The lowest BCUT2D eigenvalue weighted by Gasteiger charge is -2.33. The number of hydrogen-bond acceptors (Lipinski definition) is 3. The predicted octanol–water partition coefficient (Wildman–Crippen LogP) is 2.22. The summed E-state index contributed by atoms with van der Waals surface area (Å²) in [6.07, 6.45) is 5.02. The van der Waals surface area contributed by atoms with Gasteiger partial charge in [-0.3, -0.25) is 14.7 Å². The molecule has 0 radical (unpaired) electrons. The molecule has 0 bridgehead atoms. The molecule has 2 aliphatic rings. The zero-order valence-electron chi connectivity index (χ0n) is 17.2. The Labute approximate surface area is 169 Å². The maximum Gasteiger partial charge on any atom is 0.224 e. The van der Waals surface area contributed by atoms with Gasteiger partial charge in [0.15, 0.2) is 5.96 Å². The number of benzene rings is 1. The molecular weight excluding hydrogens is 350 g/mol. The number of carbonyl (C=O) groups is 1. The lowest BCUT2D eigenvalue weighted by Crippen LogP contribution is -2.48. The van der Waals surface area contributed by atoms with E-state index in [1.807, 2.05) is 4.90 Å². The highest BCUT2D eigenvalue weighted by Crippen LogP contribution is 2.14. The van der Waals surface area contributed by atoms with Gasteiger partial charge >= 0.3 is 0 Å². The monoisotopic (exact) mass is 385 g/mol. The second-order valence-electron chi connectivity index (χ2n) is 7.78. The topological polar surface area (TPSA) is 60.0 Å². The van der Waals surface area contributed by atoms with E-state index in [1.165, 1.54) is 5.56 Å². The van der Waals surface area contributed by atoms with Crippen LogP contribution in [-0.2, 0) is 11.3 Å². The Morgan fingerprint density at radius 2 is 1.82 bits per heavy atom.